The highest BCUT2D eigenvalue weighted by atomic mass is 16.6. The Hall–Kier alpha value is -3.87. The van der Waals surface area contributed by atoms with E-state index in [2.05, 4.69) is 10.3 Å². The quantitative estimate of drug-likeness (QED) is 0.397. The van der Waals surface area contributed by atoms with Crippen LogP contribution in [0.2, 0.25) is 0 Å². The van der Waals surface area contributed by atoms with Gasteiger partial charge in [-0.25, -0.2) is 4.98 Å². The number of anilines is 2. The lowest BCUT2D eigenvalue weighted by Gasteiger charge is -2.13. The molecule has 7 nitrogen and oxygen atoms in total. The Labute approximate surface area is 162 Å². The Balaban J connectivity index is 1.71. The summed E-state index contributed by atoms with van der Waals surface area (Å²) in [6, 6.07) is 16.8. The van der Waals surface area contributed by atoms with Crippen LogP contribution in [0.5, 0.6) is 0 Å². The van der Waals surface area contributed by atoms with E-state index in [1.165, 1.54) is 0 Å². The molecule has 4 rings (SSSR count). The number of aromatic nitrogens is 3. The smallest absolute Gasteiger partial charge is 0.294 e. The van der Waals surface area contributed by atoms with Crippen molar-refractivity contribution in [3.63, 3.8) is 0 Å². The van der Waals surface area contributed by atoms with Gasteiger partial charge in [-0.2, -0.15) is 0 Å². The Morgan fingerprint density at radius 3 is 2.46 bits per heavy atom. The highest BCUT2D eigenvalue weighted by Crippen LogP contribution is 2.31. The summed E-state index contributed by atoms with van der Waals surface area (Å²) in [6.07, 6.45) is 5.26. The van der Waals surface area contributed by atoms with Crippen molar-refractivity contribution in [3.05, 3.63) is 94.8 Å². The molecule has 0 aliphatic carbocycles. The summed E-state index contributed by atoms with van der Waals surface area (Å²) < 4.78 is 3.87. The molecule has 0 spiro atoms. The van der Waals surface area contributed by atoms with Gasteiger partial charge in [-0.1, -0.05) is 6.07 Å². The number of imidazole rings is 1. The lowest BCUT2D eigenvalue weighted by atomic mass is 10.2. The second-order valence-corrected chi connectivity index (χ2v) is 6.56. The zero-order chi connectivity index (χ0) is 19.7. The van der Waals surface area contributed by atoms with Crippen LogP contribution in [-0.2, 0) is 0 Å². The number of hydrogen-bond acceptors (Lipinski definition) is 4. The second-order valence-electron chi connectivity index (χ2n) is 6.56. The fourth-order valence-electron chi connectivity index (χ4n) is 3.30. The number of aryl methyl sites for hydroxylation is 2. The third-order valence-electron chi connectivity index (χ3n) is 4.64. The molecule has 0 fully saturated rings. The van der Waals surface area contributed by atoms with Crippen LogP contribution in [0.15, 0.2) is 73.3 Å². The van der Waals surface area contributed by atoms with Crippen molar-refractivity contribution < 1.29 is 4.92 Å². The van der Waals surface area contributed by atoms with Crippen LogP contribution in [0.4, 0.5) is 17.1 Å². The first kappa shape index (κ1) is 17.5. The van der Waals surface area contributed by atoms with E-state index in [9.17, 15) is 10.1 Å². The molecule has 0 saturated heterocycles. The van der Waals surface area contributed by atoms with E-state index in [0.29, 0.717) is 5.69 Å². The molecule has 2 heterocycles. The first-order chi connectivity index (χ1) is 13.5. The predicted molar refractivity (Wildman–Crippen MR) is 109 cm³/mol. The zero-order valence-electron chi connectivity index (χ0n) is 15.5. The van der Waals surface area contributed by atoms with Gasteiger partial charge in [0.05, 0.1) is 16.9 Å². The molecule has 7 heteroatoms. The topological polar surface area (TPSA) is 77.9 Å². The van der Waals surface area contributed by atoms with Crippen molar-refractivity contribution >= 4 is 17.1 Å². The molecule has 28 heavy (non-hydrogen) atoms. The van der Waals surface area contributed by atoms with E-state index in [4.69, 9.17) is 0 Å². The number of nitrogens with zero attached hydrogens (tertiary/aromatic N) is 4. The number of hydrogen-bond donors (Lipinski definition) is 1. The number of nitro benzene ring substituents is 1. The SMILES string of the molecule is Cc1ccc(C)n1-c1ccc(Nc2cccc(-n3ccnc3)c2)c([N+](=O)[O-])c1. The van der Waals surface area contributed by atoms with Crippen molar-refractivity contribution in [1.29, 1.82) is 0 Å². The van der Waals surface area contributed by atoms with Crippen LogP contribution in [0.3, 0.4) is 0 Å². The van der Waals surface area contributed by atoms with Gasteiger partial charge >= 0.3 is 0 Å². The minimum absolute atomic E-state index is 0.0260. The minimum Gasteiger partial charge on any atom is -0.350 e. The Morgan fingerprint density at radius 2 is 1.79 bits per heavy atom. The van der Waals surface area contributed by atoms with Crippen molar-refractivity contribution in [1.82, 2.24) is 14.1 Å². The summed E-state index contributed by atoms with van der Waals surface area (Å²) in [5.41, 5.74) is 4.97. The highest BCUT2D eigenvalue weighted by molar-refractivity contribution is 5.72. The second kappa shape index (κ2) is 7.03. The normalized spacial score (nSPS) is 10.8. The number of benzene rings is 2. The number of rotatable bonds is 5. The molecule has 2 aromatic carbocycles. The van der Waals surface area contributed by atoms with Gasteiger partial charge in [-0.15, -0.1) is 0 Å². The maximum Gasteiger partial charge on any atom is 0.294 e. The van der Waals surface area contributed by atoms with Crippen LogP contribution in [0, 0.1) is 24.0 Å². The van der Waals surface area contributed by atoms with Crippen LogP contribution < -0.4 is 5.32 Å². The molecule has 0 radical (unpaired) electrons. The van der Waals surface area contributed by atoms with Gasteiger partial charge in [0.1, 0.15) is 5.69 Å². The molecule has 1 N–H and O–H groups in total. The van der Waals surface area contributed by atoms with E-state index in [1.54, 1.807) is 24.7 Å². The lowest BCUT2D eigenvalue weighted by Crippen LogP contribution is -2.02. The van der Waals surface area contributed by atoms with Crippen molar-refractivity contribution in [3.8, 4) is 11.4 Å². The van der Waals surface area contributed by atoms with Crippen LogP contribution in [-0.4, -0.2) is 19.0 Å². The summed E-state index contributed by atoms with van der Waals surface area (Å²) >= 11 is 0. The summed E-state index contributed by atoms with van der Waals surface area (Å²) in [5, 5.41) is 14.9. The van der Waals surface area contributed by atoms with Gasteiger partial charge < -0.3 is 14.5 Å². The molecule has 0 amide bonds. The van der Waals surface area contributed by atoms with Gasteiger partial charge in [-0.05, 0) is 56.3 Å². The molecule has 0 aliphatic rings. The predicted octanol–water partition coefficient (Wildman–Crippen LogP) is 4.93. The first-order valence-corrected chi connectivity index (χ1v) is 8.82. The monoisotopic (exact) mass is 373 g/mol. The molecule has 0 aliphatic heterocycles. The molecule has 0 unspecified atom stereocenters. The van der Waals surface area contributed by atoms with Crippen LogP contribution in [0.1, 0.15) is 11.4 Å². The number of nitrogens with one attached hydrogen (secondary N) is 1. The zero-order valence-corrected chi connectivity index (χ0v) is 15.5. The summed E-state index contributed by atoms with van der Waals surface area (Å²) in [7, 11) is 0. The molecule has 2 aromatic heterocycles. The van der Waals surface area contributed by atoms with Crippen molar-refractivity contribution in [2.24, 2.45) is 0 Å². The first-order valence-electron chi connectivity index (χ1n) is 8.82. The Morgan fingerprint density at radius 1 is 1.00 bits per heavy atom. The van der Waals surface area contributed by atoms with E-state index >= 15 is 0 Å². The maximum absolute atomic E-state index is 11.7. The van der Waals surface area contributed by atoms with Crippen molar-refractivity contribution in [2.75, 3.05) is 5.32 Å². The highest BCUT2D eigenvalue weighted by Gasteiger charge is 2.17. The van der Waals surface area contributed by atoms with E-state index in [-0.39, 0.29) is 10.6 Å². The third-order valence-corrected chi connectivity index (χ3v) is 4.64. The lowest BCUT2D eigenvalue weighted by molar-refractivity contribution is -0.383. The summed E-state index contributed by atoms with van der Waals surface area (Å²) in [5.74, 6) is 0. The third kappa shape index (κ3) is 3.25. The Kier molecular flexibility index (Phi) is 4.41. The van der Waals surface area contributed by atoms with Gasteiger partial charge in [-0.3, -0.25) is 10.1 Å². The van der Waals surface area contributed by atoms with Gasteiger partial charge in [0.25, 0.3) is 5.69 Å². The molecule has 140 valence electrons. The Bertz CT molecular complexity index is 1130. The van der Waals surface area contributed by atoms with Crippen LogP contribution in [0.25, 0.3) is 11.4 Å². The minimum atomic E-state index is -0.361. The van der Waals surface area contributed by atoms with E-state index < -0.39 is 0 Å². The average molecular weight is 373 g/mol. The summed E-state index contributed by atoms with van der Waals surface area (Å²) in [4.78, 5) is 15.4. The van der Waals surface area contributed by atoms with Crippen molar-refractivity contribution in [2.45, 2.75) is 13.8 Å². The molecule has 0 saturated carbocycles. The fourth-order valence-corrected chi connectivity index (χ4v) is 3.30. The van der Waals surface area contributed by atoms with E-state index in [0.717, 1.165) is 28.5 Å². The average Bonchev–Trinajstić information content (AvgIpc) is 3.33. The molecule has 4 aromatic rings. The van der Waals surface area contributed by atoms with E-state index in [1.807, 2.05) is 71.6 Å². The molecule has 0 bridgehead atoms. The number of nitro groups is 1. The van der Waals surface area contributed by atoms with Crippen LogP contribution >= 0.6 is 0 Å². The maximum atomic E-state index is 11.7. The van der Waals surface area contributed by atoms with Gasteiger partial charge in [0.2, 0.25) is 0 Å². The molecular formula is C21H19N5O2. The summed E-state index contributed by atoms with van der Waals surface area (Å²) in [6.45, 7) is 3.96. The largest absolute Gasteiger partial charge is 0.350 e. The standard InChI is InChI=1S/C21H19N5O2/c1-15-6-7-16(2)25(15)19-8-9-20(21(13-19)26(27)28)23-17-4-3-5-18(12-17)24-11-10-22-14-24/h3-14,23H,1-2H3. The van der Waals surface area contributed by atoms with Gasteiger partial charge in [0.15, 0.2) is 0 Å². The molecular weight excluding hydrogens is 354 g/mol. The molecule has 0 atom stereocenters. The van der Waals surface area contributed by atoms with Gasteiger partial charge in [0, 0.05) is 41.2 Å². The fraction of sp³-hybridized carbons (Fsp3) is 0.0952.